The lowest BCUT2D eigenvalue weighted by atomic mass is 10.1. The molecule has 0 bridgehead atoms. The number of amides is 1. The smallest absolute Gasteiger partial charge is 0.247 e. The Kier molecular flexibility index (Phi) is 6.76. The SMILES string of the molecule is CCCCCCSc1nnc2c(n1)OC(c1ccccn1)N(C(C)=O)c1ccccc1-2. The van der Waals surface area contributed by atoms with E-state index in [1.807, 2.05) is 42.5 Å². The number of fused-ring (bicyclic) bond motifs is 3. The van der Waals surface area contributed by atoms with Gasteiger partial charge in [-0.3, -0.25) is 14.7 Å². The zero-order valence-electron chi connectivity index (χ0n) is 17.7. The Labute approximate surface area is 186 Å². The van der Waals surface area contributed by atoms with Crippen molar-refractivity contribution in [1.82, 2.24) is 20.2 Å². The Bertz CT molecular complexity index is 1050. The van der Waals surface area contributed by atoms with E-state index < -0.39 is 6.23 Å². The summed E-state index contributed by atoms with van der Waals surface area (Å²) in [6.07, 6.45) is 5.68. The van der Waals surface area contributed by atoms with Crippen LogP contribution in [-0.2, 0) is 4.79 Å². The van der Waals surface area contributed by atoms with Crippen LogP contribution >= 0.6 is 11.8 Å². The van der Waals surface area contributed by atoms with Crippen LogP contribution in [0.2, 0.25) is 0 Å². The number of anilines is 1. The Hall–Kier alpha value is -3.00. The van der Waals surface area contributed by atoms with Gasteiger partial charge in [0, 0.05) is 24.4 Å². The van der Waals surface area contributed by atoms with Crippen LogP contribution < -0.4 is 9.64 Å². The number of thioether (sulfide) groups is 1. The third-order valence-corrected chi connectivity index (χ3v) is 5.94. The summed E-state index contributed by atoms with van der Waals surface area (Å²) in [6, 6.07) is 13.1. The molecule has 0 N–H and O–H groups in total. The fourth-order valence-electron chi connectivity index (χ4n) is 3.52. The normalized spacial score (nSPS) is 14.9. The molecule has 1 aliphatic rings. The second-order valence-corrected chi connectivity index (χ2v) is 8.35. The fourth-order valence-corrected chi connectivity index (χ4v) is 4.30. The zero-order valence-corrected chi connectivity index (χ0v) is 18.5. The first-order chi connectivity index (χ1) is 15.2. The number of aromatic nitrogens is 4. The van der Waals surface area contributed by atoms with Gasteiger partial charge >= 0.3 is 0 Å². The minimum atomic E-state index is -0.750. The summed E-state index contributed by atoms with van der Waals surface area (Å²) in [4.78, 5) is 23.4. The number of unbranched alkanes of at least 4 members (excludes halogenated alkanes) is 3. The van der Waals surface area contributed by atoms with Crippen LogP contribution in [0.5, 0.6) is 5.88 Å². The van der Waals surface area contributed by atoms with E-state index in [0.717, 1.165) is 17.7 Å². The van der Waals surface area contributed by atoms with E-state index in [1.54, 1.807) is 22.9 Å². The predicted molar refractivity (Wildman–Crippen MR) is 121 cm³/mol. The molecule has 0 spiro atoms. The first-order valence-corrected chi connectivity index (χ1v) is 11.5. The maximum atomic E-state index is 12.7. The maximum Gasteiger partial charge on any atom is 0.247 e. The van der Waals surface area contributed by atoms with Crippen molar-refractivity contribution in [2.24, 2.45) is 0 Å². The van der Waals surface area contributed by atoms with E-state index in [0.29, 0.717) is 28.1 Å². The van der Waals surface area contributed by atoms with Gasteiger partial charge in [-0.05, 0) is 24.6 Å². The zero-order chi connectivity index (χ0) is 21.6. The molecule has 0 saturated carbocycles. The van der Waals surface area contributed by atoms with Gasteiger partial charge in [0.05, 0.1) is 5.69 Å². The third-order valence-electron chi connectivity index (χ3n) is 5.02. The number of nitrogens with zero attached hydrogens (tertiary/aromatic N) is 5. The van der Waals surface area contributed by atoms with Crippen molar-refractivity contribution in [3.05, 3.63) is 54.4 Å². The number of hydrogen-bond donors (Lipinski definition) is 0. The molecule has 1 aromatic carbocycles. The highest BCUT2D eigenvalue weighted by Gasteiger charge is 2.35. The first-order valence-electron chi connectivity index (χ1n) is 10.5. The van der Waals surface area contributed by atoms with Gasteiger partial charge in [0.1, 0.15) is 5.69 Å². The van der Waals surface area contributed by atoms with Crippen LogP contribution in [0.3, 0.4) is 0 Å². The molecule has 160 valence electrons. The summed E-state index contributed by atoms with van der Waals surface area (Å²) >= 11 is 1.58. The summed E-state index contributed by atoms with van der Waals surface area (Å²) in [5.74, 6) is 1.13. The molecule has 7 nitrogen and oxygen atoms in total. The lowest BCUT2D eigenvalue weighted by Crippen LogP contribution is -2.36. The van der Waals surface area contributed by atoms with Crippen molar-refractivity contribution in [3.8, 4) is 17.1 Å². The summed E-state index contributed by atoms with van der Waals surface area (Å²) in [6.45, 7) is 3.72. The number of benzene rings is 1. The second kappa shape index (κ2) is 9.87. The van der Waals surface area contributed by atoms with Crippen molar-refractivity contribution in [3.63, 3.8) is 0 Å². The largest absolute Gasteiger partial charge is 0.445 e. The Balaban J connectivity index is 1.73. The van der Waals surface area contributed by atoms with Gasteiger partial charge in [0.2, 0.25) is 23.2 Å². The van der Waals surface area contributed by atoms with E-state index in [9.17, 15) is 4.79 Å². The van der Waals surface area contributed by atoms with E-state index in [4.69, 9.17) is 4.74 Å². The molecule has 1 unspecified atom stereocenters. The fraction of sp³-hybridized carbons (Fsp3) is 0.348. The van der Waals surface area contributed by atoms with Gasteiger partial charge in [-0.2, -0.15) is 4.98 Å². The summed E-state index contributed by atoms with van der Waals surface area (Å²) in [7, 11) is 0. The average Bonchev–Trinajstić information content (AvgIpc) is 2.94. The summed E-state index contributed by atoms with van der Waals surface area (Å²) in [5, 5.41) is 9.33. The van der Waals surface area contributed by atoms with Gasteiger partial charge in [0.25, 0.3) is 0 Å². The molecular weight excluding hydrogens is 410 g/mol. The standard InChI is InChI=1S/C23H25N5O2S/c1-3-4-5-10-15-31-23-25-21-20(26-27-23)17-11-6-7-13-19(17)28(16(2)29)22(30-21)18-12-8-9-14-24-18/h6-9,11-14,22H,3-5,10,15H2,1-2H3. The van der Waals surface area contributed by atoms with E-state index in [-0.39, 0.29) is 5.91 Å². The number of carbonyl (C=O) groups is 1. The number of pyridine rings is 1. The molecule has 1 atom stereocenters. The van der Waals surface area contributed by atoms with Gasteiger partial charge in [-0.1, -0.05) is 62.2 Å². The Morgan fingerprint density at radius 3 is 2.71 bits per heavy atom. The number of para-hydroxylation sites is 1. The third kappa shape index (κ3) is 4.69. The van der Waals surface area contributed by atoms with Crippen LogP contribution in [0.15, 0.2) is 53.8 Å². The van der Waals surface area contributed by atoms with Crippen LogP contribution in [0.25, 0.3) is 11.3 Å². The summed E-state index contributed by atoms with van der Waals surface area (Å²) in [5.41, 5.74) is 2.59. The molecule has 0 radical (unpaired) electrons. The highest BCUT2D eigenvalue weighted by molar-refractivity contribution is 7.99. The molecule has 2 aromatic heterocycles. The van der Waals surface area contributed by atoms with Crippen molar-refractivity contribution < 1.29 is 9.53 Å². The van der Waals surface area contributed by atoms with Crippen LogP contribution in [0.1, 0.15) is 51.5 Å². The molecule has 3 heterocycles. The lowest BCUT2D eigenvalue weighted by molar-refractivity contribution is -0.118. The molecule has 31 heavy (non-hydrogen) atoms. The van der Waals surface area contributed by atoms with Gasteiger partial charge < -0.3 is 4.74 Å². The second-order valence-electron chi connectivity index (χ2n) is 7.29. The molecule has 0 saturated heterocycles. The van der Waals surface area contributed by atoms with Gasteiger partial charge in [0.15, 0.2) is 5.69 Å². The quantitative estimate of drug-likeness (QED) is 0.379. The molecule has 4 rings (SSSR count). The maximum absolute atomic E-state index is 12.7. The minimum Gasteiger partial charge on any atom is -0.445 e. The molecule has 0 aliphatic carbocycles. The number of hydrogen-bond acceptors (Lipinski definition) is 7. The molecule has 0 fully saturated rings. The number of rotatable bonds is 7. The van der Waals surface area contributed by atoms with Crippen molar-refractivity contribution >= 4 is 23.4 Å². The van der Waals surface area contributed by atoms with Crippen molar-refractivity contribution in [2.75, 3.05) is 10.7 Å². The number of carbonyl (C=O) groups excluding carboxylic acids is 1. The van der Waals surface area contributed by atoms with Crippen LogP contribution in [0, 0.1) is 0 Å². The Morgan fingerprint density at radius 2 is 1.94 bits per heavy atom. The first kappa shape index (κ1) is 21.2. The lowest BCUT2D eigenvalue weighted by Gasteiger charge is -2.29. The number of ether oxygens (including phenoxy) is 1. The van der Waals surface area contributed by atoms with Crippen LogP contribution in [0.4, 0.5) is 5.69 Å². The van der Waals surface area contributed by atoms with E-state index >= 15 is 0 Å². The topological polar surface area (TPSA) is 81.1 Å². The minimum absolute atomic E-state index is 0.158. The van der Waals surface area contributed by atoms with E-state index in [2.05, 4.69) is 27.1 Å². The average molecular weight is 436 g/mol. The molecule has 1 aliphatic heterocycles. The molecule has 8 heteroatoms. The summed E-state index contributed by atoms with van der Waals surface area (Å²) < 4.78 is 6.30. The van der Waals surface area contributed by atoms with Crippen LogP contribution in [-0.4, -0.2) is 31.8 Å². The van der Waals surface area contributed by atoms with Crippen molar-refractivity contribution in [1.29, 1.82) is 0 Å². The molecule has 1 amide bonds. The predicted octanol–water partition coefficient (Wildman–Crippen LogP) is 5.05. The van der Waals surface area contributed by atoms with Gasteiger partial charge in [-0.15, -0.1) is 10.2 Å². The van der Waals surface area contributed by atoms with Crippen molar-refractivity contribution in [2.45, 2.75) is 50.9 Å². The highest BCUT2D eigenvalue weighted by atomic mass is 32.2. The Morgan fingerprint density at radius 1 is 1.10 bits per heavy atom. The van der Waals surface area contributed by atoms with E-state index in [1.165, 1.54) is 26.2 Å². The monoisotopic (exact) mass is 435 g/mol. The van der Waals surface area contributed by atoms with Gasteiger partial charge in [-0.25, -0.2) is 0 Å². The highest BCUT2D eigenvalue weighted by Crippen LogP contribution is 2.42. The molecular formula is C23H25N5O2S. The molecule has 3 aromatic rings.